The molecule has 0 radical (unpaired) electrons. The molecule has 0 aliphatic rings. The molecule has 0 bridgehead atoms. The first kappa shape index (κ1) is 19.1. The highest BCUT2D eigenvalue weighted by atomic mass is 32.2. The van der Waals surface area contributed by atoms with Gasteiger partial charge in [0.1, 0.15) is 17.9 Å². The zero-order valence-corrected chi connectivity index (χ0v) is 15.6. The Morgan fingerprint density at radius 2 is 1.71 bits per heavy atom. The van der Waals surface area contributed by atoms with Gasteiger partial charge in [-0.2, -0.15) is 0 Å². The number of nitrogens with two attached hydrogens (primary N) is 1. The number of ether oxygens (including phenoxy) is 1. The average Bonchev–Trinajstić information content (AvgIpc) is 2.63. The number of nitrogen functional groups attached to an aromatic ring is 1. The summed E-state index contributed by atoms with van der Waals surface area (Å²) in [6.07, 6.45) is 2.40. The second kappa shape index (κ2) is 7.92. The number of aromatic nitrogens is 2. The fraction of sp³-hybridized carbons (Fsp3) is 0.0556. The lowest BCUT2D eigenvalue weighted by atomic mass is 10.3. The second-order valence-corrected chi connectivity index (χ2v) is 7.80. The fourth-order valence-electron chi connectivity index (χ4n) is 2.23. The largest absolute Gasteiger partial charge is 0.439 e. The number of hydrogen-bond acceptors (Lipinski definition) is 7. The van der Waals surface area contributed by atoms with Crippen LogP contribution < -0.4 is 21.1 Å². The molecule has 0 spiro atoms. The number of sulfone groups is 1. The first-order chi connectivity index (χ1) is 13.3. The summed E-state index contributed by atoms with van der Waals surface area (Å²) in [4.78, 5) is 20.0. The zero-order chi connectivity index (χ0) is 20.1. The molecule has 144 valence electrons. The van der Waals surface area contributed by atoms with Crippen LogP contribution in [0.3, 0.4) is 0 Å². The molecule has 9 nitrogen and oxygen atoms in total. The first-order valence-corrected chi connectivity index (χ1v) is 9.92. The highest BCUT2D eigenvalue weighted by Gasteiger charge is 2.09. The highest BCUT2D eigenvalue weighted by molar-refractivity contribution is 7.90. The smallest absolute Gasteiger partial charge is 0.323 e. The number of rotatable bonds is 5. The van der Waals surface area contributed by atoms with E-state index in [-0.39, 0.29) is 4.90 Å². The highest BCUT2D eigenvalue weighted by Crippen LogP contribution is 2.22. The van der Waals surface area contributed by atoms with Crippen molar-refractivity contribution in [2.75, 3.05) is 22.6 Å². The molecule has 2 amide bonds. The maximum Gasteiger partial charge on any atom is 0.323 e. The van der Waals surface area contributed by atoms with Crippen LogP contribution in [0.2, 0.25) is 0 Å². The minimum atomic E-state index is -3.36. The second-order valence-electron chi connectivity index (χ2n) is 5.79. The molecule has 0 saturated heterocycles. The van der Waals surface area contributed by atoms with Gasteiger partial charge in [0, 0.05) is 23.7 Å². The van der Waals surface area contributed by atoms with Gasteiger partial charge in [0.15, 0.2) is 9.84 Å². The van der Waals surface area contributed by atoms with E-state index in [0.29, 0.717) is 28.8 Å². The lowest BCUT2D eigenvalue weighted by Gasteiger charge is -2.10. The Balaban J connectivity index is 1.62. The topological polar surface area (TPSA) is 136 Å². The van der Waals surface area contributed by atoms with E-state index < -0.39 is 15.9 Å². The molecule has 2 aromatic carbocycles. The van der Waals surface area contributed by atoms with Gasteiger partial charge in [0.25, 0.3) is 0 Å². The molecular weight excluding hydrogens is 382 g/mol. The molecule has 10 heteroatoms. The van der Waals surface area contributed by atoms with Gasteiger partial charge in [0.2, 0.25) is 5.88 Å². The molecule has 0 fully saturated rings. The number of urea groups is 1. The van der Waals surface area contributed by atoms with Crippen LogP contribution in [0.1, 0.15) is 0 Å². The summed E-state index contributed by atoms with van der Waals surface area (Å²) in [5.74, 6) is 1.10. The third-order valence-electron chi connectivity index (χ3n) is 3.52. The van der Waals surface area contributed by atoms with E-state index >= 15 is 0 Å². The van der Waals surface area contributed by atoms with Gasteiger partial charge in [-0.1, -0.05) is 6.07 Å². The fourth-order valence-corrected chi connectivity index (χ4v) is 2.90. The number of carbonyl (C=O) groups excluding carboxylic acids is 1. The Kier molecular flexibility index (Phi) is 5.41. The minimum absolute atomic E-state index is 0.122. The van der Waals surface area contributed by atoms with Gasteiger partial charge in [0.05, 0.1) is 4.90 Å². The first-order valence-electron chi connectivity index (χ1n) is 8.03. The molecule has 3 aromatic rings. The van der Waals surface area contributed by atoms with Crippen molar-refractivity contribution in [2.45, 2.75) is 4.90 Å². The van der Waals surface area contributed by atoms with E-state index in [9.17, 15) is 13.2 Å². The summed E-state index contributed by atoms with van der Waals surface area (Å²) in [7, 11) is -3.36. The van der Waals surface area contributed by atoms with E-state index in [1.165, 1.54) is 24.5 Å². The number of anilines is 3. The predicted octanol–water partition coefficient (Wildman–Crippen LogP) is 2.90. The van der Waals surface area contributed by atoms with Crippen LogP contribution in [-0.2, 0) is 9.84 Å². The lowest BCUT2D eigenvalue weighted by Crippen LogP contribution is -2.19. The molecule has 28 heavy (non-hydrogen) atoms. The van der Waals surface area contributed by atoms with Crippen molar-refractivity contribution in [1.29, 1.82) is 0 Å². The maximum absolute atomic E-state index is 12.1. The Hall–Kier alpha value is -3.66. The molecule has 0 aliphatic heterocycles. The quantitative estimate of drug-likeness (QED) is 0.600. The number of amides is 2. The molecule has 0 atom stereocenters. The molecule has 1 aromatic heterocycles. The maximum atomic E-state index is 12.1. The number of benzene rings is 2. The number of carbonyl (C=O) groups is 1. The van der Waals surface area contributed by atoms with Crippen LogP contribution in [0.15, 0.2) is 65.8 Å². The van der Waals surface area contributed by atoms with Crippen LogP contribution in [-0.4, -0.2) is 30.7 Å². The van der Waals surface area contributed by atoms with Crippen molar-refractivity contribution in [3.8, 4) is 11.6 Å². The van der Waals surface area contributed by atoms with Crippen molar-refractivity contribution < 1.29 is 17.9 Å². The third kappa shape index (κ3) is 5.17. The number of nitrogens with one attached hydrogen (secondary N) is 2. The summed E-state index contributed by atoms with van der Waals surface area (Å²) < 4.78 is 28.7. The van der Waals surface area contributed by atoms with Crippen LogP contribution in [0, 0.1) is 0 Å². The van der Waals surface area contributed by atoms with Gasteiger partial charge in [-0.05, 0) is 42.5 Å². The predicted molar refractivity (Wildman–Crippen MR) is 105 cm³/mol. The van der Waals surface area contributed by atoms with E-state index in [1.54, 1.807) is 36.4 Å². The van der Waals surface area contributed by atoms with Crippen LogP contribution in [0.25, 0.3) is 0 Å². The molecule has 4 N–H and O–H groups in total. The molecule has 3 rings (SSSR count). The van der Waals surface area contributed by atoms with Crippen molar-refractivity contribution >= 4 is 33.1 Å². The Morgan fingerprint density at radius 3 is 2.39 bits per heavy atom. The van der Waals surface area contributed by atoms with Crippen molar-refractivity contribution in [2.24, 2.45) is 0 Å². The van der Waals surface area contributed by atoms with E-state index in [0.717, 1.165) is 6.26 Å². The summed E-state index contributed by atoms with van der Waals surface area (Å²) in [5.41, 5.74) is 6.45. The SMILES string of the molecule is CS(=O)(=O)c1cccc(NC(=O)Nc2ccc(Oc3cc(N)ncn3)cc2)c1. The monoisotopic (exact) mass is 399 g/mol. The summed E-state index contributed by atoms with van der Waals surface area (Å²) in [5, 5.41) is 5.24. The van der Waals surface area contributed by atoms with Gasteiger partial charge >= 0.3 is 6.03 Å². The van der Waals surface area contributed by atoms with Crippen molar-refractivity contribution in [3.63, 3.8) is 0 Å². The molecular formula is C18H17N5O4S. The molecule has 1 heterocycles. The number of nitrogens with zero attached hydrogens (tertiary/aromatic N) is 2. The number of hydrogen-bond donors (Lipinski definition) is 3. The Labute approximate surface area is 161 Å². The molecule has 0 aliphatic carbocycles. The van der Waals surface area contributed by atoms with Crippen molar-refractivity contribution in [3.05, 3.63) is 60.9 Å². The third-order valence-corrected chi connectivity index (χ3v) is 4.63. The molecule has 0 unspecified atom stereocenters. The average molecular weight is 399 g/mol. The minimum Gasteiger partial charge on any atom is -0.439 e. The van der Waals surface area contributed by atoms with Crippen molar-refractivity contribution in [1.82, 2.24) is 9.97 Å². The summed E-state index contributed by atoms with van der Waals surface area (Å²) in [6, 6.07) is 13.6. The lowest BCUT2D eigenvalue weighted by molar-refractivity contribution is 0.262. The van der Waals surface area contributed by atoms with Gasteiger partial charge in [-0.25, -0.2) is 23.2 Å². The standard InChI is InChI=1S/C18H17N5O4S/c1-28(25,26)15-4-2-3-13(9-15)23-18(24)22-12-5-7-14(8-6-12)27-17-10-16(19)20-11-21-17/h2-11H,1H3,(H2,19,20,21)(H2,22,23,24). The van der Waals surface area contributed by atoms with E-state index in [2.05, 4.69) is 20.6 Å². The van der Waals surface area contributed by atoms with Crippen LogP contribution >= 0.6 is 0 Å². The van der Waals surface area contributed by atoms with E-state index in [1.807, 2.05) is 0 Å². The van der Waals surface area contributed by atoms with Crippen LogP contribution in [0.5, 0.6) is 11.6 Å². The Morgan fingerprint density at radius 1 is 1.00 bits per heavy atom. The van der Waals surface area contributed by atoms with Crippen LogP contribution in [0.4, 0.5) is 22.0 Å². The van der Waals surface area contributed by atoms with E-state index in [4.69, 9.17) is 10.5 Å². The van der Waals surface area contributed by atoms with Gasteiger partial charge in [-0.3, -0.25) is 0 Å². The normalized spacial score (nSPS) is 10.9. The van der Waals surface area contributed by atoms with Gasteiger partial charge in [-0.15, -0.1) is 0 Å². The Bertz CT molecular complexity index is 1100. The summed E-state index contributed by atoms with van der Waals surface area (Å²) >= 11 is 0. The summed E-state index contributed by atoms with van der Waals surface area (Å²) in [6.45, 7) is 0. The van der Waals surface area contributed by atoms with Gasteiger partial charge < -0.3 is 21.1 Å². The zero-order valence-electron chi connectivity index (χ0n) is 14.8. The molecule has 0 saturated carbocycles.